The molecule has 0 saturated carbocycles. The molecule has 0 radical (unpaired) electrons. The second kappa shape index (κ2) is 4.42. The molecule has 0 aromatic rings. The normalized spacial score (nSPS) is 19.1. The molecule has 1 rings (SSSR count). The van der Waals surface area contributed by atoms with Crippen LogP contribution >= 0.6 is 23.4 Å². The molecule has 5 heteroatoms. The number of halogens is 4. The molecule has 0 saturated heterocycles. The Hall–Kier alpha value is -0.0900. The quantitative estimate of drug-likeness (QED) is 0.674. The fraction of sp³-hybridized carbons (Fsp3) is 0.500. The Morgan fingerprint density at radius 2 is 2.23 bits per heavy atom. The molecule has 0 aromatic heterocycles. The summed E-state index contributed by atoms with van der Waals surface area (Å²) >= 11 is 5.46. The van der Waals surface area contributed by atoms with Crippen molar-refractivity contribution < 1.29 is 13.2 Å². The summed E-state index contributed by atoms with van der Waals surface area (Å²) in [5.41, 5.74) is -3.40. The third kappa shape index (κ3) is 4.09. The molecule has 0 nitrogen and oxygen atoms in total. The Labute approximate surface area is 83.8 Å². The predicted octanol–water partition coefficient (Wildman–Crippen LogP) is 4.43. The Bertz CT molecular complexity index is 242. The van der Waals surface area contributed by atoms with E-state index in [9.17, 15) is 13.2 Å². The van der Waals surface area contributed by atoms with Crippen LogP contribution in [0.1, 0.15) is 19.3 Å². The first-order chi connectivity index (χ1) is 5.99. The van der Waals surface area contributed by atoms with Gasteiger partial charge in [0.2, 0.25) is 0 Å². The van der Waals surface area contributed by atoms with E-state index in [2.05, 4.69) is 0 Å². The van der Waals surface area contributed by atoms with Gasteiger partial charge in [-0.2, -0.15) is 13.2 Å². The first-order valence-electron chi connectivity index (χ1n) is 3.78. The molecule has 0 amide bonds. The number of allylic oxidation sites excluding steroid dienone is 3. The van der Waals surface area contributed by atoms with E-state index in [1.807, 2.05) is 6.08 Å². The average molecular weight is 229 g/mol. The molecule has 0 N–H and O–H groups in total. The van der Waals surface area contributed by atoms with E-state index >= 15 is 0 Å². The Morgan fingerprint density at radius 3 is 2.69 bits per heavy atom. The summed E-state index contributed by atoms with van der Waals surface area (Å²) in [4.78, 5) is 0. The highest BCUT2D eigenvalue weighted by Gasteiger charge is 2.27. The fourth-order valence-electron chi connectivity index (χ4n) is 1.08. The number of hydrogen-bond acceptors (Lipinski definition) is 1. The third-order valence-electron chi connectivity index (χ3n) is 1.64. The van der Waals surface area contributed by atoms with Crippen LogP contribution in [0.4, 0.5) is 13.2 Å². The van der Waals surface area contributed by atoms with E-state index in [0.29, 0.717) is 0 Å². The van der Waals surface area contributed by atoms with Crippen LogP contribution < -0.4 is 0 Å². The zero-order valence-corrected chi connectivity index (χ0v) is 8.27. The largest absolute Gasteiger partial charge is 0.445 e. The van der Waals surface area contributed by atoms with Crippen molar-refractivity contribution in [3.8, 4) is 0 Å². The van der Waals surface area contributed by atoms with Gasteiger partial charge >= 0.3 is 5.51 Å². The Balaban J connectivity index is 2.51. The fourth-order valence-corrected chi connectivity index (χ4v) is 1.78. The van der Waals surface area contributed by atoms with Crippen LogP contribution in [-0.2, 0) is 0 Å². The molecule has 74 valence electrons. The van der Waals surface area contributed by atoms with Gasteiger partial charge in [-0.1, -0.05) is 17.7 Å². The monoisotopic (exact) mass is 228 g/mol. The lowest BCUT2D eigenvalue weighted by Crippen LogP contribution is -1.96. The minimum absolute atomic E-state index is 0.206. The highest BCUT2D eigenvalue weighted by Crippen LogP contribution is 2.35. The highest BCUT2D eigenvalue weighted by atomic mass is 35.5. The summed E-state index contributed by atoms with van der Waals surface area (Å²) in [6.45, 7) is 0. The first kappa shape index (κ1) is 11.0. The van der Waals surface area contributed by atoms with Crippen molar-refractivity contribution >= 4 is 23.4 Å². The molecule has 0 heterocycles. The molecule has 0 aliphatic heterocycles. The van der Waals surface area contributed by atoms with Crippen molar-refractivity contribution in [3.05, 3.63) is 22.1 Å². The van der Waals surface area contributed by atoms with E-state index in [-0.39, 0.29) is 16.8 Å². The molecule has 1 aliphatic carbocycles. The third-order valence-corrected chi connectivity index (χ3v) is 2.75. The molecule has 0 unspecified atom stereocenters. The minimum atomic E-state index is -4.24. The van der Waals surface area contributed by atoms with Crippen molar-refractivity contribution in [2.45, 2.75) is 24.8 Å². The molecule has 0 atom stereocenters. The maximum atomic E-state index is 11.7. The average Bonchev–Trinajstić information content (AvgIpc) is 2.50. The lowest BCUT2D eigenvalue weighted by Gasteiger charge is -2.02. The van der Waals surface area contributed by atoms with E-state index < -0.39 is 5.51 Å². The van der Waals surface area contributed by atoms with Crippen LogP contribution in [0, 0.1) is 0 Å². The standard InChI is InChI=1S/C8H8ClF3S/c9-7(5-13-8(10,11)12)6-3-1-2-4-6/h3,5H,1-2,4H2/b7-5-. The minimum Gasteiger partial charge on any atom is -0.160 e. The number of hydrogen-bond donors (Lipinski definition) is 0. The number of alkyl halides is 3. The van der Waals surface area contributed by atoms with Gasteiger partial charge in [-0.15, -0.1) is 0 Å². The lowest BCUT2D eigenvalue weighted by atomic mass is 10.2. The summed E-state index contributed by atoms with van der Waals surface area (Å²) in [6, 6.07) is 0. The van der Waals surface area contributed by atoms with Crippen LogP contribution in [0.2, 0.25) is 0 Å². The maximum absolute atomic E-state index is 11.7. The van der Waals surface area contributed by atoms with Gasteiger partial charge in [-0.3, -0.25) is 0 Å². The Morgan fingerprint density at radius 1 is 1.54 bits per heavy atom. The van der Waals surface area contributed by atoms with Gasteiger partial charge in [0.1, 0.15) is 0 Å². The molecule has 13 heavy (non-hydrogen) atoms. The van der Waals surface area contributed by atoms with Gasteiger partial charge in [0, 0.05) is 0 Å². The smallest absolute Gasteiger partial charge is 0.160 e. The molecular formula is C8H8ClF3S. The maximum Gasteiger partial charge on any atom is 0.445 e. The van der Waals surface area contributed by atoms with E-state index in [1.165, 1.54) is 0 Å². The topological polar surface area (TPSA) is 0 Å². The first-order valence-corrected chi connectivity index (χ1v) is 5.04. The molecular weight excluding hydrogens is 221 g/mol. The van der Waals surface area contributed by atoms with Crippen molar-refractivity contribution in [2.75, 3.05) is 0 Å². The summed E-state index contributed by atoms with van der Waals surface area (Å²) < 4.78 is 35.2. The van der Waals surface area contributed by atoms with Crippen LogP contribution in [0.5, 0.6) is 0 Å². The number of thioether (sulfide) groups is 1. The van der Waals surface area contributed by atoms with Crippen LogP contribution in [0.25, 0.3) is 0 Å². The molecule has 0 bridgehead atoms. The van der Waals surface area contributed by atoms with Crippen LogP contribution in [0.3, 0.4) is 0 Å². The van der Waals surface area contributed by atoms with Crippen molar-refractivity contribution in [3.63, 3.8) is 0 Å². The molecule has 0 aromatic carbocycles. The highest BCUT2D eigenvalue weighted by molar-refractivity contribution is 8.03. The van der Waals surface area contributed by atoms with Gasteiger partial charge < -0.3 is 0 Å². The second-order valence-electron chi connectivity index (χ2n) is 2.65. The van der Waals surface area contributed by atoms with Crippen LogP contribution in [-0.4, -0.2) is 5.51 Å². The summed E-state index contributed by atoms with van der Waals surface area (Å²) in [5, 5.41) is 1.18. The molecule has 0 spiro atoms. The summed E-state index contributed by atoms with van der Waals surface area (Å²) in [5.74, 6) is 0. The van der Waals surface area contributed by atoms with Crippen LogP contribution in [0.15, 0.2) is 22.1 Å². The summed E-state index contributed by atoms with van der Waals surface area (Å²) in [7, 11) is 0. The molecule has 1 aliphatic rings. The van der Waals surface area contributed by atoms with Crippen molar-refractivity contribution in [1.29, 1.82) is 0 Å². The zero-order chi connectivity index (χ0) is 9.90. The van der Waals surface area contributed by atoms with Crippen molar-refractivity contribution in [2.24, 2.45) is 0 Å². The molecule has 0 fully saturated rings. The van der Waals surface area contributed by atoms with E-state index in [1.54, 1.807) is 0 Å². The Kier molecular flexibility index (Phi) is 3.74. The predicted molar refractivity (Wildman–Crippen MR) is 49.5 cm³/mol. The van der Waals surface area contributed by atoms with Gasteiger partial charge in [0.05, 0.1) is 5.03 Å². The van der Waals surface area contributed by atoms with Gasteiger partial charge in [-0.05, 0) is 42.0 Å². The van der Waals surface area contributed by atoms with Gasteiger partial charge in [0.15, 0.2) is 0 Å². The van der Waals surface area contributed by atoms with Gasteiger partial charge in [-0.25, -0.2) is 0 Å². The SMILES string of the molecule is FC(F)(F)S/C=C(\Cl)C1=CCCC1. The van der Waals surface area contributed by atoms with E-state index in [0.717, 1.165) is 30.2 Å². The summed E-state index contributed by atoms with van der Waals surface area (Å²) in [6.07, 6.45) is 4.57. The zero-order valence-electron chi connectivity index (χ0n) is 6.70. The lowest BCUT2D eigenvalue weighted by molar-refractivity contribution is -0.0320. The second-order valence-corrected chi connectivity index (χ2v) is 3.99. The number of rotatable bonds is 2. The van der Waals surface area contributed by atoms with Gasteiger partial charge in [0.25, 0.3) is 0 Å². The van der Waals surface area contributed by atoms with Crippen molar-refractivity contribution in [1.82, 2.24) is 0 Å². The van der Waals surface area contributed by atoms with E-state index in [4.69, 9.17) is 11.6 Å².